The molecule has 29 heavy (non-hydrogen) atoms. The van der Waals surface area contributed by atoms with Crippen LogP contribution in [-0.2, 0) is 14.3 Å². The maximum Gasteiger partial charge on any atom is 0.329 e. The Morgan fingerprint density at radius 1 is 1.31 bits per heavy atom. The molecule has 0 aliphatic carbocycles. The highest BCUT2D eigenvalue weighted by molar-refractivity contribution is 7.98. The molecule has 1 aromatic carbocycles. The van der Waals surface area contributed by atoms with Gasteiger partial charge in [-0.15, -0.1) is 0 Å². The van der Waals surface area contributed by atoms with Crippen molar-refractivity contribution >= 4 is 35.6 Å². The summed E-state index contributed by atoms with van der Waals surface area (Å²) in [6, 6.07) is 5.20. The van der Waals surface area contributed by atoms with Crippen LogP contribution in [0, 0.1) is 0 Å². The van der Waals surface area contributed by atoms with Gasteiger partial charge in [-0.1, -0.05) is 12.1 Å². The molecule has 1 heterocycles. The number of carbonyl (C=O) groups is 4. The highest BCUT2D eigenvalue weighted by Crippen LogP contribution is 2.18. The van der Waals surface area contributed by atoms with E-state index in [1.54, 1.807) is 24.3 Å². The Kier molecular flexibility index (Phi) is 8.32. The first kappa shape index (κ1) is 22.5. The number of ether oxygens (including phenoxy) is 2. The van der Waals surface area contributed by atoms with Crippen LogP contribution in [0.15, 0.2) is 24.3 Å². The van der Waals surface area contributed by atoms with Crippen molar-refractivity contribution in [2.75, 3.05) is 32.2 Å². The topological polar surface area (TPSA) is 114 Å². The number of nitrogens with one attached hydrogen (secondary N) is 2. The van der Waals surface area contributed by atoms with Gasteiger partial charge in [0, 0.05) is 13.1 Å². The van der Waals surface area contributed by atoms with Crippen molar-refractivity contribution in [2.45, 2.75) is 25.5 Å². The molecule has 1 fully saturated rings. The van der Waals surface area contributed by atoms with Crippen molar-refractivity contribution in [2.24, 2.45) is 0 Å². The Labute approximate surface area is 173 Å². The Morgan fingerprint density at radius 2 is 2.03 bits per heavy atom. The van der Waals surface area contributed by atoms with Gasteiger partial charge in [0.05, 0.1) is 12.7 Å². The summed E-state index contributed by atoms with van der Waals surface area (Å²) < 4.78 is 10.4. The average Bonchev–Trinajstić information content (AvgIpc) is 3.15. The van der Waals surface area contributed by atoms with Crippen molar-refractivity contribution in [1.29, 1.82) is 0 Å². The van der Waals surface area contributed by atoms with Gasteiger partial charge in [0.1, 0.15) is 11.8 Å². The molecule has 158 valence electrons. The van der Waals surface area contributed by atoms with Crippen LogP contribution >= 0.6 is 11.8 Å². The lowest BCUT2D eigenvalue weighted by molar-refractivity contribution is -0.159. The molecule has 2 N–H and O–H groups in total. The van der Waals surface area contributed by atoms with Gasteiger partial charge in [-0.2, -0.15) is 11.8 Å². The second kappa shape index (κ2) is 10.7. The lowest BCUT2D eigenvalue weighted by atomic mass is 10.1. The van der Waals surface area contributed by atoms with Crippen LogP contribution in [0.25, 0.3) is 0 Å². The van der Waals surface area contributed by atoms with Gasteiger partial charge in [0.25, 0.3) is 11.8 Å². The van der Waals surface area contributed by atoms with E-state index in [-0.39, 0.29) is 12.1 Å². The second-order valence-electron chi connectivity index (χ2n) is 6.31. The fraction of sp³-hybridized carbons (Fsp3) is 0.474. The number of urea groups is 1. The van der Waals surface area contributed by atoms with Crippen molar-refractivity contribution < 1.29 is 28.7 Å². The average molecular weight is 423 g/mol. The van der Waals surface area contributed by atoms with Crippen LogP contribution < -0.4 is 15.4 Å². The number of hydrogen-bond donors (Lipinski definition) is 2. The van der Waals surface area contributed by atoms with Crippen molar-refractivity contribution in [3.8, 4) is 5.75 Å². The first-order valence-electron chi connectivity index (χ1n) is 9.11. The minimum Gasteiger partial charge on any atom is -0.496 e. The second-order valence-corrected chi connectivity index (χ2v) is 7.29. The van der Waals surface area contributed by atoms with Crippen molar-refractivity contribution in [1.82, 2.24) is 15.5 Å². The number of imide groups is 1. The summed E-state index contributed by atoms with van der Waals surface area (Å²) in [7, 11) is 1.45. The lowest BCUT2D eigenvalue weighted by Gasteiger charge is -2.22. The predicted molar refractivity (Wildman–Crippen MR) is 108 cm³/mol. The molecule has 4 amide bonds. The predicted octanol–water partition coefficient (Wildman–Crippen LogP) is 1.03. The van der Waals surface area contributed by atoms with E-state index >= 15 is 0 Å². The van der Waals surface area contributed by atoms with Crippen LogP contribution in [0.2, 0.25) is 0 Å². The van der Waals surface area contributed by atoms with Gasteiger partial charge >= 0.3 is 12.0 Å². The summed E-state index contributed by atoms with van der Waals surface area (Å²) in [5.74, 6) is -0.840. The number of methoxy groups -OCH3 is 1. The number of carbonyl (C=O) groups excluding carboxylic acids is 4. The molecule has 2 rings (SSSR count). The van der Waals surface area contributed by atoms with E-state index in [0.717, 1.165) is 4.90 Å². The third kappa shape index (κ3) is 5.86. The zero-order chi connectivity index (χ0) is 21.4. The van der Waals surface area contributed by atoms with Crippen LogP contribution in [0.3, 0.4) is 0 Å². The molecule has 9 nitrogen and oxygen atoms in total. The fourth-order valence-corrected chi connectivity index (χ4v) is 3.23. The molecular formula is C19H25N3O6S. The largest absolute Gasteiger partial charge is 0.496 e. The molecular weight excluding hydrogens is 398 g/mol. The molecule has 0 bridgehead atoms. The van der Waals surface area contributed by atoms with Crippen molar-refractivity contribution in [3.63, 3.8) is 0 Å². The van der Waals surface area contributed by atoms with Gasteiger partial charge < -0.3 is 20.1 Å². The molecule has 0 spiro atoms. The molecule has 0 saturated carbocycles. The zero-order valence-corrected chi connectivity index (χ0v) is 17.4. The molecule has 1 aliphatic heterocycles. The zero-order valence-electron chi connectivity index (χ0n) is 16.6. The Balaban J connectivity index is 2.06. The standard InChI is InChI=1S/C19H25N3O6S/c1-12(17(24)22-10-9-20-19(22)26)28-18(25)14(8-11-29-3)21-16(23)13-6-4-5-7-15(13)27-2/h4-7,12,14H,8-11H2,1-3H3,(H,20,26)(H,21,23)/t12-,14-/m1/s1. The van der Waals surface area contributed by atoms with E-state index in [2.05, 4.69) is 10.6 Å². The Hall–Kier alpha value is -2.75. The molecule has 1 aliphatic rings. The fourth-order valence-electron chi connectivity index (χ4n) is 2.76. The number of para-hydroxylation sites is 1. The Bertz CT molecular complexity index is 772. The highest BCUT2D eigenvalue weighted by atomic mass is 32.2. The summed E-state index contributed by atoms with van der Waals surface area (Å²) in [5.41, 5.74) is 0.287. The highest BCUT2D eigenvalue weighted by Gasteiger charge is 2.33. The number of rotatable bonds is 9. The third-order valence-corrected chi connectivity index (χ3v) is 4.96. The first-order valence-corrected chi connectivity index (χ1v) is 10.5. The van der Waals surface area contributed by atoms with Gasteiger partial charge in [0.2, 0.25) is 0 Å². The summed E-state index contributed by atoms with van der Waals surface area (Å²) in [5, 5.41) is 5.17. The number of hydrogen-bond acceptors (Lipinski definition) is 7. The monoisotopic (exact) mass is 423 g/mol. The SMILES string of the molecule is COc1ccccc1C(=O)N[C@H](CCSC)C(=O)O[C@H](C)C(=O)N1CCNC1=O. The van der Waals surface area contributed by atoms with Crippen LogP contribution in [0.5, 0.6) is 5.75 Å². The molecule has 1 saturated heterocycles. The van der Waals surface area contributed by atoms with E-state index < -0.39 is 36.0 Å². The van der Waals surface area contributed by atoms with Gasteiger partial charge in [0.15, 0.2) is 6.10 Å². The summed E-state index contributed by atoms with van der Waals surface area (Å²) in [4.78, 5) is 50.2. The summed E-state index contributed by atoms with van der Waals surface area (Å²) in [6.07, 6.45) is 1.06. The number of esters is 1. The maximum atomic E-state index is 12.6. The van der Waals surface area contributed by atoms with Crippen LogP contribution in [-0.4, -0.2) is 73.1 Å². The van der Waals surface area contributed by atoms with E-state index in [1.807, 2.05) is 6.26 Å². The van der Waals surface area contributed by atoms with Gasteiger partial charge in [-0.05, 0) is 37.5 Å². The van der Waals surface area contributed by atoms with E-state index in [4.69, 9.17) is 9.47 Å². The number of thioether (sulfide) groups is 1. The number of amides is 4. The lowest BCUT2D eigenvalue weighted by Crippen LogP contribution is -2.46. The quantitative estimate of drug-likeness (QED) is 0.570. The molecule has 10 heteroatoms. The van der Waals surface area contributed by atoms with Crippen molar-refractivity contribution in [3.05, 3.63) is 29.8 Å². The van der Waals surface area contributed by atoms with E-state index in [1.165, 1.54) is 25.8 Å². The van der Waals surface area contributed by atoms with E-state index in [9.17, 15) is 19.2 Å². The Morgan fingerprint density at radius 3 is 2.66 bits per heavy atom. The molecule has 0 radical (unpaired) electrons. The van der Waals surface area contributed by atoms with Crippen LogP contribution in [0.4, 0.5) is 4.79 Å². The minimum absolute atomic E-state index is 0.222. The smallest absolute Gasteiger partial charge is 0.329 e. The third-order valence-electron chi connectivity index (χ3n) is 4.32. The number of nitrogens with zero attached hydrogens (tertiary/aromatic N) is 1. The molecule has 2 atom stereocenters. The van der Waals surface area contributed by atoms with Gasteiger partial charge in [-0.3, -0.25) is 14.5 Å². The molecule has 0 unspecified atom stereocenters. The maximum absolute atomic E-state index is 12.6. The van der Waals surface area contributed by atoms with E-state index in [0.29, 0.717) is 24.5 Å². The number of benzene rings is 1. The summed E-state index contributed by atoms with van der Waals surface area (Å²) in [6.45, 7) is 1.98. The normalized spacial score (nSPS) is 15.3. The first-order chi connectivity index (χ1) is 13.9. The minimum atomic E-state index is -1.15. The van der Waals surface area contributed by atoms with Gasteiger partial charge in [-0.25, -0.2) is 9.59 Å². The summed E-state index contributed by atoms with van der Waals surface area (Å²) >= 11 is 1.51. The molecule has 1 aromatic rings. The van der Waals surface area contributed by atoms with Crippen LogP contribution in [0.1, 0.15) is 23.7 Å². The molecule has 0 aromatic heterocycles.